The van der Waals surface area contributed by atoms with E-state index >= 15 is 0 Å². The third-order valence-corrected chi connectivity index (χ3v) is 5.46. The van der Waals surface area contributed by atoms with Gasteiger partial charge >= 0.3 is 6.09 Å². The van der Waals surface area contributed by atoms with Crippen LogP contribution in [0.25, 0.3) is 6.08 Å². The molecule has 1 aromatic rings. The summed E-state index contributed by atoms with van der Waals surface area (Å²) in [5.41, 5.74) is 0.627. The second-order valence-corrected chi connectivity index (χ2v) is 8.78. The van der Waals surface area contributed by atoms with Gasteiger partial charge in [0.1, 0.15) is 11.4 Å². The summed E-state index contributed by atoms with van der Waals surface area (Å²) in [4.78, 5) is 27.3. The van der Waals surface area contributed by atoms with Crippen LogP contribution in [-0.2, 0) is 9.53 Å². The zero-order valence-electron chi connectivity index (χ0n) is 16.7. The molecule has 2 unspecified atom stereocenters. The monoisotopic (exact) mass is 369 g/mol. The molecule has 2 saturated heterocycles. The highest BCUT2D eigenvalue weighted by Crippen LogP contribution is 2.38. The number of rotatable bonds is 4. The van der Waals surface area contributed by atoms with E-state index in [1.54, 1.807) is 0 Å². The zero-order chi connectivity index (χ0) is 19.4. The van der Waals surface area contributed by atoms with Gasteiger partial charge in [-0.2, -0.15) is 0 Å². The van der Waals surface area contributed by atoms with Crippen LogP contribution in [-0.4, -0.2) is 34.5 Å². The van der Waals surface area contributed by atoms with E-state index < -0.39 is 5.60 Å². The third-order valence-electron chi connectivity index (χ3n) is 5.46. The van der Waals surface area contributed by atoms with Crippen molar-refractivity contribution in [1.82, 2.24) is 4.90 Å². The van der Waals surface area contributed by atoms with Crippen LogP contribution in [0.15, 0.2) is 36.4 Å². The summed E-state index contributed by atoms with van der Waals surface area (Å²) in [6.07, 6.45) is 8.84. The predicted octanol–water partition coefficient (Wildman–Crippen LogP) is 5.23. The van der Waals surface area contributed by atoms with E-state index in [-0.39, 0.29) is 24.1 Å². The molecule has 0 aliphatic carbocycles. The average Bonchev–Trinajstić information content (AvgIpc) is 2.60. The Morgan fingerprint density at radius 3 is 2.33 bits per heavy atom. The van der Waals surface area contributed by atoms with E-state index in [0.717, 1.165) is 37.7 Å². The lowest BCUT2D eigenvalue weighted by atomic mass is 9.76. The first-order chi connectivity index (χ1) is 12.8. The third kappa shape index (κ3) is 5.21. The number of ketones is 1. The molecule has 4 nitrogen and oxygen atoms in total. The Balaban J connectivity index is 1.59. The molecule has 2 atom stereocenters. The molecule has 4 heteroatoms. The number of carbonyl (C=O) groups is 2. The highest BCUT2D eigenvalue weighted by Gasteiger charge is 2.43. The molecule has 0 spiro atoms. The summed E-state index contributed by atoms with van der Waals surface area (Å²) >= 11 is 0. The van der Waals surface area contributed by atoms with Crippen molar-refractivity contribution in [3.8, 4) is 0 Å². The first-order valence-corrected chi connectivity index (χ1v) is 10.1. The average molecular weight is 370 g/mol. The maximum Gasteiger partial charge on any atom is 0.410 e. The Bertz CT molecular complexity index is 675. The van der Waals surface area contributed by atoms with E-state index in [9.17, 15) is 9.59 Å². The summed E-state index contributed by atoms with van der Waals surface area (Å²) in [6.45, 7) is 5.70. The molecule has 1 aromatic carbocycles. The topological polar surface area (TPSA) is 46.6 Å². The van der Waals surface area contributed by atoms with Gasteiger partial charge in [0, 0.05) is 24.4 Å². The Labute approximate surface area is 162 Å². The van der Waals surface area contributed by atoms with Gasteiger partial charge in [-0.25, -0.2) is 4.79 Å². The van der Waals surface area contributed by atoms with Crippen LogP contribution in [0, 0.1) is 5.92 Å². The van der Waals surface area contributed by atoms with Crippen LogP contribution in [0.5, 0.6) is 0 Å². The minimum Gasteiger partial charge on any atom is -0.444 e. The smallest absolute Gasteiger partial charge is 0.410 e. The van der Waals surface area contributed by atoms with Gasteiger partial charge in [-0.15, -0.1) is 0 Å². The van der Waals surface area contributed by atoms with E-state index in [1.165, 1.54) is 0 Å². The molecule has 2 aliphatic heterocycles. The number of hydrogen-bond acceptors (Lipinski definition) is 3. The Kier molecular flexibility index (Phi) is 6.03. The molecule has 3 rings (SSSR count). The fourth-order valence-corrected chi connectivity index (χ4v) is 4.30. The lowest BCUT2D eigenvalue weighted by Crippen LogP contribution is -2.56. The second-order valence-electron chi connectivity index (χ2n) is 8.78. The SMILES string of the molecule is CC(C)(C)OC(=O)N1C2CCCC1CC(C(=O)C/C=C/c1ccccc1)C2. The molecular formula is C23H31NO3. The lowest BCUT2D eigenvalue weighted by molar-refractivity contribution is -0.126. The number of ether oxygens (including phenoxy) is 1. The van der Waals surface area contributed by atoms with Crippen molar-refractivity contribution in [2.75, 3.05) is 0 Å². The van der Waals surface area contributed by atoms with Gasteiger partial charge in [-0.1, -0.05) is 42.5 Å². The van der Waals surface area contributed by atoms with Crippen molar-refractivity contribution in [3.63, 3.8) is 0 Å². The van der Waals surface area contributed by atoms with Crippen molar-refractivity contribution in [2.45, 2.75) is 77.0 Å². The van der Waals surface area contributed by atoms with E-state index in [2.05, 4.69) is 0 Å². The van der Waals surface area contributed by atoms with Crippen molar-refractivity contribution in [2.24, 2.45) is 5.92 Å². The number of benzene rings is 1. The first-order valence-electron chi connectivity index (χ1n) is 10.1. The number of amides is 1. The quantitative estimate of drug-likeness (QED) is 0.730. The van der Waals surface area contributed by atoms with E-state index in [0.29, 0.717) is 12.2 Å². The second kappa shape index (κ2) is 8.28. The zero-order valence-corrected chi connectivity index (χ0v) is 16.7. The molecule has 2 bridgehead atoms. The summed E-state index contributed by atoms with van der Waals surface area (Å²) in [5, 5.41) is 0. The van der Waals surface area contributed by atoms with Gasteiger partial charge in [-0.3, -0.25) is 4.79 Å². The van der Waals surface area contributed by atoms with Crippen LogP contribution in [0.4, 0.5) is 4.79 Å². The molecule has 0 N–H and O–H groups in total. The molecule has 0 aromatic heterocycles. The molecule has 27 heavy (non-hydrogen) atoms. The van der Waals surface area contributed by atoms with Crippen LogP contribution >= 0.6 is 0 Å². The van der Waals surface area contributed by atoms with Gasteiger partial charge < -0.3 is 9.64 Å². The Hall–Kier alpha value is -2.10. The van der Waals surface area contributed by atoms with Gasteiger partial charge in [0.05, 0.1) is 0 Å². The number of piperidine rings is 2. The largest absolute Gasteiger partial charge is 0.444 e. The minimum absolute atomic E-state index is 0.0550. The van der Waals surface area contributed by atoms with E-state index in [1.807, 2.05) is 68.2 Å². The number of carbonyl (C=O) groups excluding carboxylic acids is 2. The minimum atomic E-state index is -0.486. The van der Waals surface area contributed by atoms with Gasteiger partial charge in [0.25, 0.3) is 0 Å². The molecule has 2 aliphatic rings. The lowest BCUT2D eigenvalue weighted by Gasteiger charge is -2.48. The number of nitrogens with zero attached hydrogens (tertiary/aromatic N) is 1. The normalized spacial score (nSPS) is 25.4. The highest BCUT2D eigenvalue weighted by atomic mass is 16.6. The maximum atomic E-state index is 12.7. The number of Topliss-reactive ketones (excluding diaryl/α,β-unsaturated/α-hetero) is 1. The molecule has 0 saturated carbocycles. The Morgan fingerprint density at radius 2 is 1.74 bits per heavy atom. The van der Waals surface area contributed by atoms with Crippen molar-refractivity contribution in [1.29, 1.82) is 0 Å². The van der Waals surface area contributed by atoms with Crippen molar-refractivity contribution >= 4 is 18.0 Å². The predicted molar refractivity (Wildman–Crippen MR) is 107 cm³/mol. The highest BCUT2D eigenvalue weighted by molar-refractivity contribution is 5.83. The summed E-state index contributed by atoms with van der Waals surface area (Å²) in [5.74, 6) is 0.349. The Morgan fingerprint density at radius 1 is 1.11 bits per heavy atom. The molecule has 1 amide bonds. The van der Waals surface area contributed by atoms with Gasteiger partial charge in [0.15, 0.2) is 0 Å². The van der Waals surface area contributed by atoms with E-state index in [4.69, 9.17) is 4.74 Å². The molecule has 0 radical (unpaired) electrons. The molecular weight excluding hydrogens is 338 g/mol. The number of hydrogen-bond donors (Lipinski definition) is 0. The number of allylic oxidation sites excluding steroid dienone is 1. The molecule has 2 heterocycles. The first kappa shape index (κ1) is 19.7. The fraction of sp³-hybridized carbons (Fsp3) is 0.565. The summed E-state index contributed by atoms with van der Waals surface area (Å²) in [6, 6.07) is 10.3. The number of fused-ring (bicyclic) bond motifs is 2. The van der Waals surface area contributed by atoms with Crippen LogP contribution in [0.3, 0.4) is 0 Å². The van der Waals surface area contributed by atoms with Crippen molar-refractivity contribution < 1.29 is 14.3 Å². The van der Waals surface area contributed by atoms with Gasteiger partial charge in [-0.05, 0) is 58.4 Å². The summed E-state index contributed by atoms with van der Waals surface area (Å²) < 4.78 is 5.61. The fourth-order valence-electron chi connectivity index (χ4n) is 4.30. The molecule has 2 fully saturated rings. The van der Waals surface area contributed by atoms with Crippen LogP contribution in [0.2, 0.25) is 0 Å². The van der Waals surface area contributed by atoms with Crippen LogP contribution < -0.4 is 0 Å². The summed E-state index contributed by atoms with van der Waals surface area (Å²) in [7, 11) is 0. The molecule has 146 valence electrons. The standard InChI is InChI=1S/C23H31NO3/c1-23(2,3)27-22(26)24-19-12-8-13-20(24)16-18(15-19)21(25)14-7-11-17-9-5-4-6-10-17/h4-7,9-11,18-20H,8,12-16H2,1-3H3/b11-7+. The maximum absolute atomic E-state index is 12.7. The van der Waals surface area contributed by atoms with Crippen LogP contribution in [0.1, 0.15) is 64.9 Å². The van der Waals surface area contributed by atoms with Gasteiger partial charge in [0.2, 0.25) is 0 Å². The van der Waals surface area contributed by atoms with Crippen molar-refractivity contribution in [3.05, 3.63) is 42.0 Å².